The third-order valence-corrected chi connectivity index (χ3v) is 4.31. The summed E-state index contributed by atoms with van der Waals surface area (Å²) in [5, 5.41) is 5.88. The third-order valence-electron chi connectivity index (χ3n) is 3.98. The molecule has 2 amide bonds. The van der Waals surface area contributed by atoms with Gasteiger partial charge in [-0.15, -0.1) is 9.24 Å². The first kappa shape index (κ1) is 23.3. The maximum Gasteiger partial charge on any atom is 0.225 e. The molecule has 0 aromatic rings. The summed E-state index contributed by atoms with van der Waals surface area (Å²) in [6.45, 7) is 11.9. The molecule has 0 aromatic heterocycles. The monoisotopic (exact) mass is 360 g/mol. The first-order valence-electron chi connectivity index (χ1n) is 9.11. The lowest BCUT2D eigenvalue weighted by atomic mass is 9.88. The second-order valence-electron chi connectivity index (χ2n) is 7.23. The van der Waals surface area contributed by atoms with Gasteiger partial charge in [-0.1, -0.05) is 27.7 Å². The lowest BCUT2D eigenvalue weighted by Crippen LogP contribution is -2.38. The second kappa shape index (κ2) is 12.7. The van der Waals surface area contributed by atoms with Crippen molar-refractivity contribution in [1.82, 2.24) is 10.6 Å². The Balaban J connectivity index is 3.89. The van der Waals surface area contributed by atoms with Gasteiger partial charge in [0.05, 0.1) is 6.10 Å². The summed E-state index contributed by atoms with van der Waals surface area (Å²) in [4.78, 5) is 23.6. The Hall–Kier alpha value is -0.670. The molecule has 0 bridgehead atoms. The molecule has 0 aromatic carbocycles. The lowest BCUT2D eigenvalue weighted by molar-refractivity contribution is -0.130. The van der Waals surface area contributed by atoms with E-state index in [1.165, 1.54) is 0 Å². The molecule has 0 saturated heterocycles. The van der Waals surface area contributed by atoms with Crippen LogP contribution in [0.3, 0.4) is 0 Å². The van der Waals surface area contributed by atoms with Crippen LogP contribution in [-0.2, 0) is 14.3 Å². The number of hydrogen-bond acceptors (Lipinski definition) is 3. The van der Waals surface area contributed by atoms with Gasteiger partial charge in [-0.05, 0) is 38.3 Å². The fraction of sp³-hybridized carbons (Fsp3) is 0.889. The normalized spacial score (nSPS) is 14.1. The van der Waals surface area contributed by atoms with Gasteiger partial charge in [0, 0.05) is 31.5 Å². The van der Waals surface area contributed by atoms with Crippen molar-refractivity contribution in [2.24, 2.45) is 5.41 Å². The molecular formula is C18H37N2O3P. The molecule has 0 spiro atoms. The Morgan fingerprint density at radius 1 is 1.12 bits per heavy atom. The molecule has 3 unspecified atom stereocenters. The fourth-order valence-corrected chi connectivity index (χ4v) is 2.26. The van der Waals surface area contributed by atoms with E-state index >= 15 is 0 Å². The maximum atomic E-state index is 12.2. The van der Waals surface area contributed by atoms with Crippen molar-refractivity contribution in [3.63, 3.8) is 0 Å². The van der Waals surface area contributed by atoms with Crippen molar-refractivity contribution in [2.45, 2.75) is 78.5 Å². The summed E-state index contributed by atoms with van der Waals surface area (Å²) in [6, 6.07) is 0. The Bertz CT molecular complexity index is 373. The van der Waals surface area contributed by atoms with Crippen LogP contribution in [-0.4, -0.2) is 43.3 Å². The molecule has 0 heterocycles. The topological polar surface area (TPSA) is 67.4 Å². The smallest absolute Gasteiger partial charge is 0.225 e. The van der Waals surface area contributed by atoms with Crippen LogP contribution in [0.2, 0.25) is 0 Å². The Labute approximate surface area is 150 Å². The zero-order valence-electron chi connectivity index (χ0n) is 16.1. The SMILES string of the molecule is CCCC(=O)NCCC(C)OCCC(C)(C)C(=O)NCCC(C)P. The number of carbonyl (C=O) groups is 2. The predicted octanol–water partition coefficient (Wildman–Crippen LogP) is 2.88. The summed E-state index contributed by atoms with van der Waals surface area (Å²) < 4.78 is 5.78. The minimum Gasteiger partial charge on any atom is -0.378 e. The van der Waals surface area contributed by atoms with Gasteiger partial charge in [0.25, 0.3) is 0 Å². The molecule has 142 valence electrons. The molecule has 5 nitrogen and oxygen atoms in total. The predicted molar refractivity (Wildman–Crippen MR) is 103 cm³/mol. The van der Waals surface area contributed by atoms with E-state index in [0.717, 1.165) is 19.3 Å². The summed E-state index contributed by atoms with van der Waals surface area (Å²) in [5.74, 6) is 0.179. The van der Waals surface area contributed by atoms with Crippen molar-refractivity contribution >= 4 is 21.1 Å². The number of ether oxygens (including phenoxy) is 1. The summed E-state index contributed by atoms with van der Waals surface area (Å²) in [6.07, 6.45) is 3.95. The quantitative estimate of drug-likeness (QED) is 0.496. The highest BCUT2D eigenvalue weighted by atomic mass is 31.0. The first-order valence-corrected chi connectivity index (χ1v) is 9.78. The van der Waals surface area contributed by atoms with E-state index in [1.807, 2.05) is 27.7 Å². The van der Waals surface area contributed by atoms with E-state index in [9.17, 15) is 9.59 Å². The van der Waals surface area contributed by atoms with E-state index in [4.69, 9.17) is 4.74 Å². The van der Waals surface area contributed by atoms with Crippen molar-refractivity contribution in [2.75, 3.05) is 19.7 Å². The number of amides is 2. The fourth-order valence-electron chi connectivity index (χ4n) is 2.10. The van der Waals surface area contributed by atoms with Crippen LogP contribution >= 0.6 is 9.24 Å². The van der Waals surface area contributed by atoms with E-state index in [-0.39, 0.29) is 17.9 Å². The molecule has 0 saturated carbocycles. The van der Waals surface area contributed by atoms with Crippen LogP contribution in [0.1, 0.15) is 66.7 Å². The summed E-state index contributed by atoms with van der Waals surface area (Å²) in [5.41, 5.74) is 0.0783. The minimum absolute atomic E-state index is 0.0729. The zero-order valence-corrected chi connectivity index (χ0v) is 17.3. The van der Waals surface area contributed by atoms with Crippen molar-refractivity contribution in [3.05, 3.63) is 0 Å². The summed E-state index contributed by atoms with van der Waals surface area (Å²) >= 11 is 0. The van der Waals surface area contributed by atoms with Gasteiger partial charge in [0.1, 0.15) is 0 Å². The van der Waals surface area contributed by atoms with Crippen LogP contribution in [0.25, 0.3) is 0 Å². The Kier molecular flexibility index (Phi) is 12.3. The van der Waals surface area contributed by atoms with E-state index in [1.54, 1.807) is 0 Å². The molecule has 0 aliphatic heterocycles. The number of hydrogen-bond donors (Lipinski definition) is 2. The van der Waals surface area contributed by atoms with E-state index in [0.29, 0.717) is 38.2 Å². The van der Waals surface area contributed by atoms with Crippen molar-refractivity contribution in [3.8, 4) is 0 Å². The highest BCUT2D eigenvalue weighted by molar-refractivity contribution is 7.17. The molecule has 0 radical (unpaired) electrons. The summed E-state index contributed by atoms with van der Waals surface area (Å²) in [7, 11) is 2.74. The van der Waals surface area contributed by atoms with Gasteiger partial charge in [0.15, 0.2) is 0 Å². The minimum atomic E-state index is -0.431. The van der Waals surface area contributed by atoms with Gasteiger partial charge < -0.3 is 15.4 Å². The molecule has 0 fully saturated rings. The third kappa shape index (κ3) is 11.8. The first-order chi connectivity index (χ1) is 11.2. The number of carbonyl (C=O) groups excluding carboxylic acids is 2. The van der Waals surface area contributed by atoms with Crippen LogP contribution in [0.15, 0.2) is 0 Å². The average Bonchev–Trinajstić information content (AvgIpc) is 2.46. The van der Waals surface area contributed by atoms with Gasteiger partial charge >= 0.3 is 0 Å². The van der Waals surface area contributed by atoms with Crippen LogP contribution < -0.4 is 10.6 Å². The van der Waals surface area contributed by atoms with Crippen LogP contribution in [0.4, 0.5) is 0 Å². The molecule has 24 heavy (non-hydrogen) atoms. The molecule has 6 heteroatoms. The molecular weight excluding hydrogens is 323 g/mol. The lowest BCUT2D eigenvalue weighted by Gasteiger charge is -2.24. The van der Waals surface area contributed by atoms with Gasteiger partial charge in [0.2, 0.25) is 11.8 Å². The molecule has 0 aliphatic carbocycles. The van der Waals surface area contributed by atoms with Gasteiger partial charge in [-0.25, -0.2) is 0 Å². The molecule has 0 rings (SSSR count). The zero-order chi connectivity index (χ0) is 18.6. The molecule has 3 atom stereocenters. The van der Waals surface area contributed by atoms with E-state index in [2.05, 4.69) is 26.8 Å². The Morgan fingerprint density at radius 2 is 1.75 bits per heavy atom. The maximum absolute atomic E-state index is 12.2. The highest BCUT2D eigenvalue weighted by Gasteiger charge is 2.27. The van der Waals surface area contributed by atoms with Crippen LogP contribution in [0, 0.1) is 5.41 Å². The van der Waals surface area contributed by atoms with Crippen molar-refractivity contribution in [1.29, 1.82) is 0 Å². The highest BCUT2D eigenvalue weighted by Crippen LogP contribution is 2.21. The average molecular weight is 360 g/mol. The molecule has 2 N–H and O–H groups in total. The van der Waals surface area contributed by atoms with E-state index < -0.39 is 5.41 Å². The standard InChI is InChI=1S/C18H37N2O3P/c1-6-7-16(21)19-11-8-14(2)23-13-10-18(4,5)17(22)20-12-9-15(3)24/h14-15H,6-13,24H2,1-5H3,(H,19,21)(H,20,22). The van der Waals surface area contributed by atoms with Gasteiger partial charge in [-0.2, -0.15) is 0 Å². The second-order valence-corrected chi connectivity index (χ2v) is 8.36. The van der Waals surface area contributed by atoms with Gasteiger partial charge in [-0.3, -0.25) is 9.59 Å². The number of rotatable bonds is 13. The number of nitrogens with one attached hydrogen (secondary N) is 2. The van der Waals surface area contributed by atoms with Crippen molar-refractivity contribution < 1.29 is 14.3 Å². The van der Waals surface area contributed by atoms with Crippen LogP contribution in [0.5, 0.6) is 0 Å². The Morgan fingerprint density at radius 3 is 2.33 bits per heavy atom. The largest absolute Gasteiger partial charge is 0.378 e. The molecule has 0 aliphatic rings.